The van der Waals surface area contributed by atoms with Crippen LogP contribution in [0.4, 0.5) is 5.69 Å². The topological polar surface area (TPSA) is 127 Å². The van der Waals surface area contributed by atoms with E-state index in [4.69, 9.17) is 4.74 Å². The number of ether oxygens (including phenoxy) is 1. The molecule has 0 N–H and O–H groups in total. The fourth-order valence-electron chi connectivity index (χ4n) is 3.51. The van der Waals surface area contributed by atoms with E-state index in [1.165, 1.54) is 15.3 Å². The number of carbonyl (C=O) groups excluding carboxylic acids is 2. The number of sulfonamides is 1. The highest BCUT2D eigenvalue weighted by Crippen LogP contribution is 2.23. The van der Waals surface area contributed by atoms with E-state index >= 15 is 0 Å². The number of amides is 1. The van der Waals surface area contributed by atoms with Crippen LogP contribution in [0.15, 0.2) is 41.3 Å². The predicted octanol–water partition coefficient (Wildman–Crippen LogP) is 2.54. The summed E-state index contributed by atoms with van der Waals surface area (Å²) in [5.41, 5.74) is 1.33. The van der Waals surface area contributed by atoms with Crippen LogP contribution >= 0.6 is 0 Å². The fraction of sp³-hybridized carbons (Fsp3) is 0.364. The van der Waals surface area contributed by atoms with Gasteiger partial charge in [0.1, 0.15) is 0 Å². The van der Waals surface area contributed by atoms with Gasteiger partial charge >= 0.3 is 5.97 Å². The molecule has 0 unspecified atom stereocenters. The van der Waals surface area contributed by atoms with E-state index in [0.717, 1.165) is 23.3 Å². The van der Waals surface area contributed by atoms with Crippen molar-refractivity contribution in [2.75, 3.05) is 32.8 Å². The summed E-state index contributed by atoms with van der Waals surface area (Å²) in [5.74, 6) is -1.29. The molecule has 0 spiro atoms. The normalized spacial score (nSPS) is 14.7. The predicted molar refractivity (Wildman–Crippen MR) is 120 cm³/mol. The largest absolute Gasteiger partial charge is 0.462 e. The lowest BCUT2D eigenvalue weighted by molar-refractivity contribution is -0.384. The monoisotopic (exact) mass is 475 g/mol. The minimum Gasteiger partial charge on any atom is -0.462 e. The van der Waals surface area contributed by atoms with Gasteiger partial charge in [0, 0.05) is 43.9 Å². The van der Waals surface area contributed by atoms with Crippen LogP contribution in [0.1, 0.15) is 38.8 Å². The number of piperazine rings is 1. The number of nitrogens with zero attached hydrogens (tertiary/aromatic N) is 3. The Balaban J connectivity index is 1.78. The van der Waals surface area contributed by atoms with Crippen molar-refractivity contribution in [2.24, 2.45) is 0 Å². The fourth-order valence-corrected chi connectivity index (χ4v) is 5.02. The molecule has 0 atom stereocenters. The molecule has 2 aromatic carbocycles. The third kappa shape index (κ3) is 5.20. The highest BCUT2D eigenvalue weighted by atomic mass is 32.2. The Hall–Kier alpha value is -3.31. The van der Waals surface area contributed by atoms with Crippen LogP contribution in [0.2, 0.25) is 0 Å². The number of non-ortho nitro benzene ring substituents is 1. The molecule has 176 valence electrons. The molecule has 0 radical (unpaired) electrons. The van der Waals surface area contributed by atoms with Gasteiger partial charge < -0.3 is 9.64 Å². The molecule has 10 nitrogen and oxygen atoms in total. The van der Waals surface area contributed by atoms with Crippen LogP contribution in [-0.2, 0) is 14.8 Å². The van der Waals surface area contributed by atoms with Crippen LogP contribution in [0.5, 0.6) is 0 Å². The third-order valence-corrected chi connectivity index (χ3v) is 7.42. The number of nitro groups is 1. The molecule has 0 bridgehead atoms. The van der Waals surface area contributed by atoms with E-state index < -0.39 is 32.5 Å². The first kappa shape index (κ1) is 24.3. The van der Waals surface area contributed by atoms with Crippen LogP contribution < -0.4 is 0 Å². The Labute approximate surface area is 192 Å². The van der Waals surface area contributed by atoms with Crippen LogP contribution in [0, 0.1) is 24.0 Å². The van der Waals surface area contributed by atoms with Crippen molar-refractivity contribution < 1.29 is 27.7 Å². The van der Waals surface area contributed by atoms with Gasteiger partial charge in [0.05, 0.1) is 22.0 Å². The van der Waals surface area contributed by atoms with Crippen LogP contribution in [-0.4, -0.2) is 67.2 Å². The summed E-state index contributed by atoms with van der Waals surface area (Å²) in [6, 6.07) is 8.36. The van der Waals surface area contributed by atoms with Crippen molar-refractivity contribution in [3.8, 4) is 0 Å². The lowest BCUT2D eigenvalue weighted by Crippen LogP contribution is -2.50. The molecule has 0 saturated carbocycles. The molecule has 1 fully saturated rings. The number of esters is 1. The lowest BCUT2D eigenvalue weighted by Gasteiger charge is -2.34. The van der Waals surface area contributed by atoms with Crippen LogP contribution in [0.25, 0.3) is 0 Å². The molecular weight excluding hydrogens is 450 g/mol. The standard InChI is InChI=1S/C22H25N3O7S/c1-4-32-22(27)18-12-17(13-19(14-18)25(28)29)21(26)23-7-9-24(10-8-23)33(30,31)20-6-5-15(2)16(3)11-20/h5-6,11-14H,4,7-10H2,1-3H3. The van der Waals surface area contributed by atoms with E-state index in [9.17, 15) is 28.1 Å². The van der Waals surface area contributed by atoms with E-state index in [-0.39, 0.29) is 48.8 Å². The molecular formula is C22H25N3O7S. The summed E-state index contributed by atoms with van der Waals surface area (Å²) in [7, 11) is -3.71. The maximum Gasteiger partial charge on any atom is 0.338 e. The first-order valence-electron chi connectivity index (χ1n) is 10.4. The molecule has 1 saturated heterocycles. The van der Waals surface area contributed by atoms with Crippen molar-refractivity contribution in [1.82, 2.24) is 9.21 Å². The quantitative estimate of drug-likeness (QED) is 0.357. The Morgan fingerprint density at radius 1 is 1.00 bits per heavy atom. The first-order chi connectivity index (χ1) is 15.5. The van der Waals surface area contributed by atoms with E-state index in [2.05, 4.69) is 0 Å². The van der Waals surface area contributed by atoms with Gasteiger partial charge in [-0.15, -0.1) is 0 Å². The number of hydrogen-bond acceptors (Lipinski definition) is 7. The van der Waals surface area contributed by atoms with Gasteiger partial charge in [0.25, 0.3) is 11.6 Å². The second-order valence-electron chi connectivity index (χ2n) is 7.69. The maximum atomic E-state index is 13.0. The first-order valence-corrected chi connectivity index (χ1v) is 11.8. The molecule has 1 heterocycles. The van der Waals surface area contributed by atoms with Gasteiger partial charge in [0.2, 0.25) is 10.0 Å². The number of nitro benzene ring substituents is 1. The molecule has 0 aromatic heterocycles. The van der Waals surface area contributed by atoms with E-state index in [0.29, 0.717) is 0 Å². The average Bonchev–Trinajstić information content (AvgIpc) is 2.80. The number of carbonyl (C=O) groups is 2. The molecule has 3 rings (SSSR count). The third-order valence-electron chi connectivity index (χ3n) is 5.53. The number of rotatable bonds is 6. The Morgan fingerprint density at radius 2 is 1.64 bits per heavy atom. The Morgan fingerprint density at radius 3 is 2.21 bits per heavy atom. The molecule has 0 aliphatic carbocycles. The number of hydrogen-bond donors (Lipinski definition) is 0. The molecule has 1 amide bonds. The molecule has 1 aliphatic rings. The number of aryl methyl sites for hydroxylation is 2. The highest BCUT2D eigenvalue weighted by Gasteiger charge is 2.31. The Bertz CT molecular complexity index is 1200. The van der Waals surface area contributed by atoms with Crippen molar-refractivity contribution in [1.29, 1.82) is 0 Å². The second-order valence-corrected chi connectivity index (χ2v) is 9.63. The van der Waals surface area contributed by atoms with Gasteiger partial charge in [-0.25, -0.2) is 13.2 Å². The van der Waals surface area contributed by atoms with E-state index in [1.54, 1.807) is 25.1 Å². The van der Waals surface area contributed by atoms with Crippen LogP contribution in [0.3, 0.4) is 0 Å². The zero-order chi connectivity index (χ0) is 24.3. The minimum atomic E-state index is -3.71. The maximum absolute atomic E-state index is 13.0. The summed E-state index contributed by atoms with van der Waals surface area (Å²) in [6.45, 7) is 5.82. The van der Waals surface area contributed by atoms with Gasteiger partial charge in [-0.1, -0.05) is 6.07 Å². The van der Waals surface area contributed by atoms with Crippen molar-refractivity contribution >= 4 is 27.6 Å². The minimum absolute atomic E-state index is 0.0299. The molecule has 2 aromatic rings. The average molecular weight is 476 g/mol. The van der Waals surface area contributed by atoms with Crippen molar-refractivity contribution in [2.45, 2.75) is 25.7 Å². The number of benzene rings is 2. The van der Waals surface area contributed by atoms with Crippen molar-refractivity contribution in [3.63, 3.8) is 0 Å². The summed E-state index contributed by atoms with van der Waals surface area (Å²) < 4.78 is 32.2. The summed E-state index contributed by atoms with van der Waals surface area (Å²) >= 11 is 0. The Kier molecular flexibility index (Phi) is 7.13. The lowest BCUT2D eigenvalue weighted by atomic mass is 10.1. The highest BCUT2D eigenvalue weighted by molar-refractivity contribution is 7.89. The zero-order valence-electron chi connectivity index (χ0n) is 18.6. The summed E-state index contributed by atoms with van der Waals surface area (Å²) in [4.78, 5) is 37.3. The van der Waals surface area contributed by atoms with Gasteiger partial charge in [-0.2, -0.15) is 4.31 Å². The molecule has 1 aliphatic heterocycles. The summed E-state index contributed by atoms with van der Waals surface area (Å²) in [5, 5.41) is 11.3. The SMILES string of the molecule is CCOC(=O)c1cc(C(=O)N2CCN(S(=O)(=O)c3ccc(C)c(C)c3)CC2)cc([N+](=O)[O-])c1. The van der Waals surface area contributed by atoms with Gasteiger partial charge in [-0.3, -0.25) is 14.9 Å². The smallest absolute Gasteiger partial charge is 0.338 e. The summed E-state index contributed by atoms with van der Waals surface area (Å²) in [6.07, 6.45) is 0. The van der Waals surface area contributed by atoms with Crippen molar-refractivity contribution in [3.05, 3.63) is 68.8 Å². The zero-order valence-corrected chi connectivity index (χ0v) is 19.4. The van der Waals surface area contributed by atoms with Gasteiger partial charge in [-0.05, 0) is 50.1 Å². The molecule has 33 heavy (non-hydrogen) atoms. The van der Waals surface area contributed by atoms with E-state index in [1.807, 2.05) is 13.8 Å². The molecule has 11 heteroatoms. The van der Waals surface area contributed by atoms with Gasteiger partial charge in [0.15, 0.2) is 0 Å². The second kappa shape index (κ2) is 9.67.